The minimum absolute atomic E-state index is 0.145. The molecule has 132 valence electrons. The highest BCUT2D eigenvalue weighted by Gasteiger charge is 2.06. The monoisotopic (exact) mass is 388 g/mol. The van der Waals surface area contributed by atoms with Crippen LogP contribution in [0.1, 0.15) is 0 Å². The maximum atomic E-state index is 11.9. The van der Waals surface area contributed by atoms with E-state index in [-0.39, 0.29) is 12.5 Å². The Balaban J connectivity index is 1.50. The number of hydrogen-bond donors (Lipinski definition) is 2. The van der Waals surface area contributed by atoms with E-state index in [1.165, 1.54) is 0 Å². The zero-order valence-corrected chi connectivity index (χ0v) is 15.0. The van der Waals surface area contributed by atoms with Gasteiger partial charge in [-0.15, -0.1) is 10.2 Å². The van der Waals surface area contributed by atoms with E-state index in [0.29, 0.717) is 27.4 Å². The Morgan fingerprint density at radius 3 is 2.04 bits per heavy atom. The number of hydrogen-bond acceptors (Lipinski definition) is 5. The lowest BCUT2D eigenvalue weighted by atomic mass is 10.3. The van der Waals surface area contributed by atoms with Gasteiger partial charge in [0.15, 0.2) is 18.2 Å². The highest BCUT2D eigenvalue weighted by atomic mass is 35.5. The average Bonchev–Trinajstić information content (AvgIpc) is 2.65. The molecule has 0 aliphatic carbocycles. The molecule has 0 spiro atoms. The van der Waals surface area contributed by atoms with Crippen molar-refractivity contribution in [3.8, 4) is 5.75 Å². The van der Waals surface area contributed by atoms with E-state index in [2.05, 4.69) is 20.8 Å². The summed E-state index contributed by atoms with van der Waals surface area (Å²) in [6.45, 7) is -0.145. The SMILES string of the molecule is O=C(COc1ccc(Cl)cc1)Nc1ccc(Nc2ccc(Cl)cc2)nn1. The Hall–Kier alpha value is -2.83. The Kier molecular flexibility index (Phi) is 5.88. The molecule has 0 saturated carbocycles. The van der Waals surface area contributed by atoms with Crippen molar-refractivity contribution in [1.82, 2.24) is 10.2 Å². The Morgan fingerprint density at radius 2 is 1.42 bits per heavy atom. The summed E-state index contributed by atoms with van der Waals surface area (Å²) >= 11 is 11.6. The van der Waals surface area contributed by atoms with Gasteiger partial charge in [0.25, 0.3) is 5.91 Å². The van der Waals surface area contributed by atoms with Gasteiger partial charge in [-0.05, 0) is 60.7 Å². The van der Waals surface area contributed by atoms with Gasteiger partial charge in [0.05, 0.1) is 0 Å². The summed E-state index contributed by atoms with van der Waals surface area (Å²) in [5.74, 6) is 1.09. The second-order valence-corrected chi connectivity index (χ2v) is 6.10. The molecule has 3 aromatic rings. The van der Waals surface area contributed by atoms with Gasteiger partial charge in [-0.2, -0.15) is 0 Å². The molecule has 0 saturated heterocycles. The number of halogens is 2. The predicted octanol–water partition coefficient (Wildman–Crippen LogP) is 4.54. The van der Waals surface area contributed by atoms with E-state index in [0.717, 1.165) is 5.69 Å². The average molecular weight is 389 g/mol. The molecule has 2 N–H and O–H groups in total. The second-order valence-electron chi connectivity index (χ2n) is 5.23. The number of amides is 1. The smallest absolute Gasteiger partial charge is 0.263 e. The van der Waals surface area contributed by atoms with Crippen molar-refractivity contribution in [2.24, 2.45) is 0 Å². The Labute approximate surface area is 160 Å². The van der Waals surface area contributed by atoms with Crippen LogP contribution in [0.3, 0.4) is 0 Å². The van der Waals surface area contributed by atoms with E-state index in [9.17, 15) is 4.79 Å². The number of aromatic nitrogens is 2. The fraction of sp³-hybridized carbons (Fsp3) is 0.0556. The molecular weight excluding hydrogens is 375 g/mol. The molecule has 6 nitrogen and oxygen atoms in total. The molecule has 0 radical (unpaired) electrons. The largest absolute Gasteiger partial charge is 0.484 e. The summed E-state index contributed by atoms with van der Waals surface area (Å²) in [7, 11) is 0. The van der Waals surface area contributed by atoms with Crippen LogP contribution in [-0.2, 0) is 4.79 Å². The number of nitrogens with zero attached hydrogens (tertiary/aromatic N) is 2. The van der Waals surface area contributed by atoms with Crippen LogP contribution in [0.4, 0.5) is 17.3 Å². The summed E-state index contributed by atoms with van der Waals surface area (Å²) < 4.78 is 5.37. The fourth-order valence-electron chi connectivity index (χ4n) is 2.01. The van der Waals surface area contributed by atoms with Crippen LogP contribution in [0.25, 0.3) is 0 Å². The van der Waals surface area contributed by atoms with Gasteiger partial charge in [0.1, 0.15) is 5.75 Å². The maximum Gasteiger partial charge on any atom is 0.263 e. The predicted molar refractivity (Wildman–Crippen MR) is 102 cm³/mol. The van der Waals surface area contributed by atoms with Crippen molar-refractivity contribution in [2.75, 3.05) is 17.2 Å². The van der Waals surface area contributed by atoms with Crippen molar-refractivity contribution in [2.45, 2.75) is 0 Å². The van der Waals surface area contributed by atoms with Crippen molar-refractivity contribution in [1.29, 1.82) is 0 Å². The first-order valence-corrected chi connectivity index (χ1v) is 8.39. The van der Waals surface area contributed by atoms with Gasteiger partial charge in [-0.1, -0.05) is 23.2 Å². The van der Waals surface area contributed by atoms with Crippen LogP contribution >= 0.6 is 23.2 Å². The number of ether oxygens (including phenoxy) is 1. The molecule has 0 aliphatic rings. The van der Waals surface area contributed by atoms with E-state index in [1.54, 1.807) is 48.5 Å². The molecule has 1 amide bonds. The van der Waals surface area contributed by atoms with Gasteiger partial charge < -0.3 is 15.4 Å². The van der Waals surface area contributed by atoms with E-state index in [1.807, 2.05) is 12.1 Å². The maximum absolute atomic E-state index is 11.9. The highest BCUT2D eigenvalue weighted by molar-refractivity contribution is 6.30. The third kappa shape index (κ3) is 5.34. The van der Waals surface area contributed by atoms with Gasteiger partial charge in [0.2, 0.25) is 0 Å². The lowest BCUT2D eigenvalue weighted by molar-refractivity contribution is -0.118. The summed E-state index contributed by atoms with van der Waals surface area (Å²) in [5, 5.41) is 14.9. The summed E-state index contributed by atoms with van der Waals surface area (Å²) in [6, 6.07) is 17.3. The molecule has 0 atom stereocenters. The number of anilines is 3. The first-order chi connectivity index (χ1) is 12.6. The van der Waals surface area contributed by atoms with E-state index in [4.69, 9.17) is 27.9 Å². The minimum Gasteiger partial charge on any atom is -0.484 e. The second kappa shape index (κ2) is 8.51. The molecule has 8 heteroatoms. The first-order valence-electron chi connectivity index (χ1n) is 7.63. The van der Waals surface area contributed by atoms with Crippen molar-refractivity contribution < 1.29 is 9.53 Å². The van der Waals surface area contributed by atoms with Crippen LogP contribution in [0.2, 0.25) is 10.0 Å². The van der Waals surface area contributed by atoms with Crippen molar-refractivity contribution in [3.63, 3.8) is 0 Å². The quantitative estimate of drug-likeness (QED) is 0.647. The standard InChI is InChI=1S/C18H14Cl2N4O2/c19-12-1-5-14(6-2-12)21-16-9-10-17(24-23-16)22-18(25)11-26-15-7-3-13(20)4-8-15/h1-10H,11H2,(H,21,23)(H,22,24,25). The lowest BCUT2D eigenvalue weighted by Gasteiger charge is -2.08. The van der Waals surface area contributed by atoms with Crippen LogP contribution in [-0.4, -0.2) is 22.7 Å². The molecule has 0 aliphatic heterocycles. The lowest BCUT2D eigenvalue weighted by Crippen LogP contribution is -2.21. The van der Waals surface area contributed by atoms with Crippen LogP contribution in [0, 0.1) is 0 Å². The molecule has 2 aromatic carbocycles. The number of carbonyl (C=O) groups excluding carboxylic acids is 1. The van der Waals surface area contributed by atoms with E-state index >= 15 is 0 Å². The van der Waals surface area contributed by atoms with Gasteiger partial charge in [-0.3, -0.25) is 4.79 Å². The van der Waals surface area contributed by atoms with Gasteiger partial charge >= 0.3 is 0 Å². The highest BCUT2D eigenvalue weighted by Crippen LogP contribution is 2.18. The van der Waals surface area contributed by atoms with Gasteiger partial charge in [0, 0.05) is 15.7 Å². The molecular formula is C18H14Cl2N4O2. The molecule has 0 bridgehead atoms. The Bertz CT molecular complexity index is 869. The van der Waals surface area contributed by atoms with Crippen molar-refractivity contribution >= 4 is 46.4 Å². The summed E-state index contributed by atoms with van der Waals surface area (Å²) in [4.78, 5) is 11.9. The molecule has 3 rings (SSSR count). The molecule has 0 fully saturated rings. The molecule has 1 aromatic heterocycles. The number of rotatable bonds is 6. The number of nitrogens with one attached hydrogen (secondary N) is 2. The molecule has 0 unspecified atom stereocenters. The zero-order valence-electron chi connectivity index (χ0n) is 13.4. The summed E-state index contributed by atoms with van der Waals surface area (Å²) in [6.07, 6.45) is 0. The summed E-state index contributed by atoms with van der Waals surface area (Å²) in [5.41, 5.74) is 0.830. The van der Waals surface area contributed by atoms with E-state index < -0.39 is 0 Å². The zero-order chi connectivity index (χ0) is 18.4. The fourth-order valence-corrected chi connectivity index (χ4v) is 2.26. The first kappa shape index (κ1) is 18.0. The third-order valence-electron chi connectivity index (χ3n) is 3.23. The molecule has 1 heterocycles. The van der Waals surface area contributed by atoms with Crippen LogP contribution < -0.4 is 15.4 Å². The topological polar surface area (TPSA) is 76.1 Å². The van der Waals surface area contributed by atoms with Gasteiger partial charge in [-0.25, -0.2) is 0 Å². The minimum atomic E-state index is -0.340. The van der Waals surface area contributed by atoms with Crippen LogP contribution in [0.5, 0.6) is 5.75 Å². The third-order valence-corrected chi connectivity index (χ3v) is 3.74. The number of benzene rings is 2. The Morgan fingerprint density at radius 1 is 0.846 bits per heavy atom. The number of carbonyl (C=O) groups is 1. The normalized spacial score (nSPS) is 10.2. The van der Waals surface area contributed by atoms with Crippen molar-refractivity contribution in [3.05, 3.63) is 70.7 Å². The molecule has 26 heavy (non-hydrogen) atoms. The van der Waals surface area contributed by atoms with Crippen LogP contribution in [0.15, 0.2) is 60.7 Å².